The number of halogens is 1. The summed E-state index contributed by atoms with van der Waals surface area (Å²) in [6.07, 6.45) is 7.52. The van der Waals surface area contributed by atoms with Crippen molar-refractivity contribution in [3.63, 3.8) is 0 Å². The van der Waals surface area contributed by atoms with Crippen molar-refractivity contribution < 1.29 is 13.4 Å². The third-order valence-corrected chi connectivity index (χ3v) is 6.10. The molecule has 5 heteroatoms. The number of nitrogens with zero attached hydrogens (tertiary/aromatic N) is 1. The third-order valence-electron chi connectivity index (χ3n) is 5.16. The van der Waals surface area contributed by atoms with Crippen LogP contribution in [-0.2, 0) is 11.2 Å². The highest BCUT2D eigenvalue weighted by Crippen LogP contribution is 2.39. The van der Waals surface area contributed by atoms with Crippen molar-refractivity contribution in [1.82, 2.24) is 4.98 Å². The van der Waals surface area contributed by atoms with Crippen LogP contribution in [0.4, 0.5) is 4.39 Å². The summed E-state index contributed by atoms with van der Waals surface area (Å²) in [6.45, 7) is 0. The van der Waals surface area contributed by atoms with Gasteiger partial charge < -0.3 is 8.97 Å². The van der Waals surface area contributed by atoms with Gasteiger partial charge in [0.05, 0.1) is 0 Å². The molecule has 27 heavy (non-hydrogen) atoms. The minimum Gasteiger partial charge on any atom is -0.612 e. The minimum atomic E-state index is -1.02. The fourth-order valence-corrected chi connectivity index (χ4v) is 4.18. The van der Waals surface area contributed by atoms with Gasteiger partial charge in [-0.2, -0.15) is 0 Å². The summed E-state index contributed by atoms with van der Waals surface area (Å²) in [5, 5.41) is 0. The first-order chi connectivity index (χ1) is 13.1. The third kappa shape index (κ3) is 3.94. The molecule has 1 unspecified atom stereocenters. The summed E-state index contributed by atoms with van der Waals surface area (Å²) in [7, 11) is 0. The van der Waals surface area contributed by atoms with E-state index in [1.165, 1.54) is 31.4 Å². The number of hydrogen-bond donors (Lipinski definition) is 0. The zero-order chi connectivity index (χ0) is 18.8. The zero-order valence-electron chi connectivity index (χ0n) is 15.3. The maximum Gasteiger partial charge on any atom is 0.198 e. The lowest BCUT2D eigenvalue weighted by molar-refractivity contribution is 0.367. The quantitative estimate of drug-likeness (QED) is 0.524. The largest absolute Gasteiger partial charge is 0.612 e. The monoisotopic (exact) mass is 383 g/mol. The Hall–Kier alpha value is -2.11. The second-order valence-electron chi connectivity index (χ2n) is 7.05. The predicted molar refractivity (Wildman–Crippen MR) is 105 cm³/mol. The van der Waals surface area contributed by atoms with Gasteiger partial charge in [-0.25, -0.2) is 9.37 Å². The first-order valence-electron chi connectivity index (χ1n) is 9.32. The Kier molecular flexibility index (Phi) is 5.32. The second kappa shape index (κ2) is 7.87. The molecule has 2 aromatic carbocycles. The molecule has 0 bridgehead atoms. The number of benzene rings is 2. The van der Waals surface area contributed by atoms with Crippen molar-refractivity contribution in [2.24, 2.45) is 0 Å². The molecule has 0 saturated heterocycles. The van der Waals surface area contributed by atoms with Gasteiger partial charge in [-0.05, 0) is 72.5 Å². The fourth-order valence-electron chi connectivity index (χ4n) is 3.66. The summed E-state index contributed by atoms with van der Waals surface area (Å²) in [4.78, 5) is 5.59. The average Bonchev–Trinajstić information content (AvgIpc) is 3.15. The number of hydrogen-bond acceptors (Lipinski definition) is 3. The molecule has 1 aliphatic carbocycles. The van der Waals surface area contributed by atoms with Gasteiger partial charge >= 0.3 is 0 Å². The van der Waals surface area contributed by atoms with Crippen LogP contribution in [0.1, 0.15) is 43.9 Å². The van der Waals surface area contributed by atoms with Crippen LogP contribution in [0.25, 0.3) is 22.6 Å². The Bertz CT molecular complexity index is 897. The first-order valence-corrected chi connectivity index (χ1v) is 10.9. The Morgan fingerprint density at radius 3 is 2.22 bits per heavy atom. The Morgan fingerprint density at radius 1 is 0.963 bits per heavy atom. The highest BCUT2D eigenvalue weighted by molar-refractivity contribution is 7.90. The van der Waals surface area contributed by atoms with E-state index in [0.29, 0.717) is 11.7 Å². The molecule has 3 nitrogen and oxygen atoms in total. The SMILES string of the molecule is C[S+]([O-])c1ccc(-c2oc(C3CCCCC3)nc2-c2ccc(F)cc2)cc1. The van der Waals surface area contributed by atoms with E-state index in [2.05, 4.69) is 0 Å². The van der Waals surface area contributed by atoms with Crippen LogP contribution in [0.3, 0.4) is 0 Å². The highest BCUT2D eigenvalue weighted by atomic mass is 32.2. The number of oxazole rings is 1. The first kappa shape index (κ1) is 18.3. The molecule has 1 aliphatic rings. The average molecular weight is 383 g/mol. The molecule has 1 saturated carbocycles. The van der Waals surface area contributed by atoms with Gasteiger partial charge in [0.1, 0.15) is 17.8 Å². The molecule has 3 aromatic rings. The van der Waals surface area contributed by atoms with E-state index in [4.69, 9.17) is 9.40 Å². The molecule has 1 heterocycles. The lowest BCUT2D eigenvalue weighted by Crippen LogP contribution is -2.04. The highest BCUT2D eigenvalue weighted by Gasteiger charge is 2.24. The van der Waals surface area contributed by atoms with Crippen molar-refractivity contribution in [1.29, 1.82) is 0 Å². The lowest BCUT2D eigenvalue weighted by atomic mass is 9.89. The molecule has 0 aliphatic heterocycles. The van der Waals surface area contributed by atoms with Crippen molar-refractivity contribution >= 4 is 11.2 Å². The fraction of sp³-hybridized carbons (Fsp3) is 0.318. The smallest absolute Gasteiger partial charge is 0.198 e. The Balaban J connectivity index is 1.77. The van der Waals surface area contributed by atoms with Crippen molar-refractivity contribution in [2.75, 3.05) is 6.26 Å². The Labute approximate surface area is 161 Å². The zero-order valence-corrected chi connectivity index (χ0v) is 16.1. The van der Waals surface area contributed by atoms with Crippen molar-refractivity contribution in [3.8, 4) is 22.6 Å². The van der Waals surface area contributed by atoms with Crippen LogP contribution in [0, 0.1) is 5.82 Å². The van der Waals surface area contributed by atoms with Crippen LogP contribution in [0.15, 0.2) is 57.8 Å². The molecule has 0 amide bonds. The molecule has 1 atom stereocenters. The number of rotatable bonds is 4. The van der Waals surface area contributed by atoms with Crippen LogP contribution in [0.5, 0.6) is 0 Å². The summed E-state index contributed by atoms with van der Waals surface area (Å²) < 4.78 is 31.3. The van der Waals surface area contributed by atoms with E-state index in [1.54, 1.807) is 18.4 Å². The van der Waals surface area contributed by atoms with Gasteiger partial charge in [0.25, 0.3) is 0 Å². The van der Waals surface area contributed by atoms with Gasteiger partial charge in [0.2, 0.25) is 0 Å². The van der Waals surface area contributed by atoms with E-state index < -0.39 is 11.2 Å². The molecular formula is C22H22FNO2S. The molecule has 1 aromatic heterocycles. The molecule has 4 rings (SSSR count). The van der Waals surface area contributed by atoms with Crippen molar-refractivity contribution in [3.05, 3.63) is 60.2 Å². The standard InChI is InChI=1S/C22H22FNO2S/c1-27(25)19-13-9-16(10-14-19)21-20(15-7-11-18(23)12-8-15)24-22(26-21)17-5-3-2-4-6-17/h7-14,17H,2-6H2,1H3. The normalized spacial score (nSPS) is 16.4. The molecule has 1 fully saturated rings. The molecule has 140 valence electrons. The van der Waals surface area contributed by atoms with Crippen LogP contribution < -0.4 is 0 Å². The van der Waals surface area contributed by atoms with Gasteiger partial charge in [-0.15, -0.1) is 0 Å². The predicted octanol–water partition coefficient (Wildman–Crippen LogP) is 5.93. The molecule has 0 radical (unpaired) electrons. The summed E-state index contributed by atoms with van der Waals surface area (Å²) in [6, 6.07) is 13.9. The maximum atomic E-state index is 13.4. The molecular weight excluding hydrogens is 361 g/mol. The summed E-state index contributed by atoms with van der Waals surface area (Å²) in [5.74, 6) is 1.53. The van der Waals surface area contributed by atoms with Crippen LogP contribution >= 0.6 is 0 Å². The Morgan fingerprint density at radius 2 is 1.59 bits per heavy atom. The minimum absolute atomic E-state index is 0.272. The topological polar surface area (TPSA) is 49.1 Å². The van der Waals surface area contributed by atoms with E-state index in [1.807, 2.05) is 24.3 Å². The van der Waals surface area contributed by atoms with E-state index in [0.717, 1.165) is 40.4 Å². The van der Waals surface area contributed by atoms with Gasteiger partial charge in [0, 0.05) is 17.0 Å². The summed E-state index contributed by atoms with van der Waals surface area (Å²) >= 11 is -1.02. The van der Waals surface area contributed by atoms with Crippen LogP contribution in [0.2, 0.25) is 0 Å². The van der Waals surface area contributed by atoms with E-state index in [-0.39, 0.29) is 5.82 Å². The number of aromatic nitrogens is 1. The second-order valence-corrected chi connectivity index (χ2v) is 8.43. The molecule has 0 N–H and O–H groups in total. The summed E-state index contributed by atoms with van der Waals surface area (Å²) in [5.41, 5.74) is 2.46. The van der Waals surface area contributed by atoms with Gasteiger partial charge in [-0.1, -0.05) is 19.3 Å². The van der Waals surface area contributed by atoms with Gasteiger partial charge in [0.15, 0.2) is 16.5 Å². The van der Waals surface area contributed by atoms with Gasteiger partial charge in [-0.3, -0.25) is 0 Å². The van der Waals surface area contributed by atoms with Crippen molar-refractivity contribution in [2.45, 2.75) is 42.9 Å². The maximum absolute atomic E-state index is 13.4. The molecule has 0 spiro atoms. The van der Waals surface area contributed by atoms with E-state index >= 15 is 0 Å². The van der Waals surface area contributed by atoms with E-state index in [9.17, 15) is 8.94 Å². The lowest BCUT2D eigenvalue weighted by Gasteiger charge is -2.17. The van der Waals surface area contributed by atoms with Crippen LogP contribution in [-0.4, -0.2) is 15.8 Å².